The first-order valence-electron chi connectivity index (χ1n) is 12.8. The number of ether oxygens (including phenoxy) is 1. The molecule has 2 fully saturated rings. The predicted molar refractivity (Wildman–Crippen MR) is 146 cm³/mol. The smallest absolute Gasteiger partial charge is 0.408 e. The Kier molecular flexibility index (Phi) is 7.04. The average Bonchev–Trinajstić information content (AvgIpc) is 3.51. The number of hydrogen-bond acceptors (Lipinski definition) is 7. The highest BCUT2D eigenvalue weighted by atomic mass is 35.5. The Bertz CT molecular complexity index is 1170. The zero-order valence-electron chi connectivity index (χ0n) is 21.8. The van der Waals surface area contributed by atoms with E-state index in [0.717, 1.165) is 22.8 Å². The average molecular weight is 544 g/mol. The minimum Gasteiger partial charge on any atom is -0.444 e. The standard InChI is InChI=1S/C27H34ClN5O3S/c1-17-21-20(15-37-17)29-16-30-23(21)32-11-13-33(14-12-32)24(34)22(18-5-7-19(28)8-6-18)27(9-10-27)31-25(35)36-26(2,3)4/h5-8,16-17,22H,9-15H2,1-4H3,(H,31,35)/t17-,22?/m0/s1. The molecule has 10 heteroatoms. The third kappa shape index (κ3) is 5.53. The van der Waals surface area contributed by atoms with E-state index in [1.54, 1.807) is 18.5 Å². The molecule has 2 amide bonds. The number of fused-ring (bicyclic) bond motifs is 1. The van der Waals surface area contributed by atoms with Crippen molar-refractivity contribution in [3.05, 3.63) is 52.4 Å². The molecule has 1 aromatic carbocycles. The van der Waals surface area contributed by atoms with E-state index >= 15 is 0 Å². The van der Waals surface area contributed by atoms with Crippen molar-refractivity contribution in [2.75, 3.05) is 31.1 Å². The Morgan fingerprint density at radius 1 is 1.14 bits per heavy atom. The number of piperazine rings is 1. The largest absolute Gasteiger partial charge is 0.444 e. The fourth-order valence-electron chi connectivity index (χ4n) is 5.29. The van der Waals surface area contributed by atoms with E-state index in [0.29, 0.717) is 49.3 Å². The molecule has 1 N–H and O–H groups in total. The molecule has 37 heavy (non-hydrogen) atoms. The Hall–Kier alpha value is -2.52. The first kappa shape index (κ1) is 26.1. The fraction of sp³-hybridized carbons (Fsp3) is 0.556. The van der Waals surface area contributed by atoms with Crippen molar-refractivity contribution in [1.82, 2.24) is 20.2 Å². The maximum Gasteiger partial charge on any atom is 0.408 e. The van der Waals surface area contributed by atoms with Crippen LogP contribution in [0.25, 0.3) is 0 Å². The topological polar surface area (TPSA) is 87.7 Å². The molecule has 1 aliphatic carbocycles. The molecule has 2 atom stereocenters. The van der Waals surface area contributed by atoms with Crippen molar-refractivity contribution in [2.24, 2.45) is 0 Å². The van der Waals surface area contributed by atoms with Crippen LogP contribution in [0.15, 0.2) is 30.6 Å². The Labute approximate surface area is 227 Å². The molecule has 1 saturated heterocycles. The SMILES string of the molecule is C[C@@H]1SCc2ncnc(N3CCN(C(=O)C(c4ccc(Cl)cc4)C4(NC(=O)OC(C)(C)C)CC4)CC3)c21. The van der Waals surface area contributed by atoms with Crippen LogP contribution >= 0.6 is 23.4 Å². The van der Waals surface area contributed by atoms with Gasteiger partial charge in [-0.1, -0.05) is 23.7 Å². The third-order valence-corrected chi connectivity index (χ3v) is 8.68. The number of anilines is 1. The number of aromatic nitrogens is 2. The summed E-state index contributed by atoms with van der Waals surface area (Å²) in [6.07, 6.45) is 2.59. The lowest BCUT2D eigenvalue weighted by molar-refractivity contribution is -0.134. The number of carbonyl (C=O) groups excluding carboxylic acids is 2. The van der Waals surface area contributed by atoms with Gasteiger partial charge in [-0.05, 0) is 58.2 Å². The summed E-state index contributed by atoms with van der Waals surface area (Å²) in [5.74, 6) is 1.42. The van der Waals surface area contributed by atoms with E-state index in [4.69, 9.17) is 16.3 Å². The number of halogens is 1. The second kappa shape index (κ2) is 9.98. The normalized spacial score (nSPS) is 21.3. The van der Waals surface area contributed by atoms with Gasteiger partial charge >= 0.3 is 6.09 Å². The van der Waals surface area contributed by atoms with Crippen LogP contribution in [0.4, 0.5) is 10.6 Å². The first-order valence-corrected chi connectivity index (χ1v) is 14.2. The summed E-state index contributed by atoms with van der Waals surface area (Å²) in [6, 6.07) is 7.38. The summed E-state index contributed by atoms with van der Waals surface area (Å²) in [5.41, 5.74) is 1.92. The first-order chi connectivity index (χ1) is 17.6. The van der Waals surface area contributed by atoms with Gasteiger partial charge in [0, 0.05) is 47.8 Å². The molecule has 2 aliphatic heterocycles. The number of amides is 2. The number of alkyl carbamates (subject to hydrolysis) is 1. The number of nitrogens with zero attached hydrogens (tertiary/aromatic N) is 4. The monoisotopic (exact) mass is 543 g/mol. The van der Waals surface area contributed by atoms with E-state index < -0.39 is 23.2 Å². The maximum atomic E-state index is 14.1. The molecule has 8 nitrogen and oxygen atoms in total. The van der Waals surface area contributed by atoms with Crippen molar-refractivity contribution in [3.63, 3.8) is 0 Å². The van der Waals surface area contributed by atoms with E-state index in [9.17, 15) is 9.59 Å². The molecule has 2 aromatic rings. The van der Waals surface area contributed by atoms with Gasteiger partial charge in [-0.2, -0.15) is 0 Å². The molecule has 0 spiro atoms. The second-order valence-corrected chi connectivity index (χ2v) is 12.9. The van der Waals surface area contributed by atoms with Crippen molar-refractivity contribution >= 4 is 41.2 Å². The van der Waals surface area contributed by atoms with Crippen LogP contribution in [0.5, 0.6) is 0 Å². The quantitative estimate of drug-likeness (QED) is 0.572. The highest BCUT2D eigenvalue weighted by molar-refractivity contribution is 7.99. The van der Waals surface area contributed by atoms with Gasteiger partial charge in [0.1, 0.15) is 17.7 Å². The summed E-state index contributed by atoms with van der Waals surface area (Å²) in [7, 11) is 0. The van der Waals surface area contributed by atoms with Gasteiger partial charge in [0.05, 0.1) is 17.2 Å². The van der Waals surface area contributed by atoms with Gasteiger partial charge in [0.15, 0.2) is 0 Å². The minimum absolute atomic E-state index is 0.0207. The van der Waals surface area contributed by atoms with Gasteiger partial charge in [-0.15, -0.1) is 11.8 Å². The highest BCUT2D eigenvalue weighted by Gasteiger charge is 2.55. The Morgan fingerprint density at radius 3 is 2.43 bits per heavy atom. The number of carbonyl (C=O) groups is 2. The van der Waals surface area contributed by atoms with Crippen molar-refractivity contribution in [1.29, 1.82) is 0 Å². The highest BCUT2D eigenvalue weighted by Crippen LogP contribution is 2.49. The molecule has 1 saturated carbocycles. The van der Waals surface area contributed by atoms with E-state index in [1.165, 1.54) is 5.56 Å². The van der Waals surface area contributed by atoms with Crippen molar-refractivity contribution < 1.29 is 14.3 Å². The molecule has 1 unspecified atom stereocenters. The Morgan fingerprint density at radius 2 is 1.81 bits per heavy atom. The van der Waals surface area contributed by atoms with Crippen LogP contribution in [0, 0.1) is 0 Å². The number of hydrogen-bond donors (Lipinski definition) is 1. The van der Waals surface area contributed by atoms with Crippen LogP contribution in [-0.2, 0) is 15.3 Å². The zero-order chi connectivity index (χ0) is 26.4. The lowest BCUT2D eigenvalue weighted by Crippen LogP contribution is -2.54. The minimum atomic E-state index is -0.662. The predicted octanol–water partition coefficient (Wildman–Crippen LogP) is 4.93. The number of thioether (sulfide) groups is 1. The molecule has 3 aliphatic rings. The molecular formula is C27H34ClN5O3S. The molecule has 0 radical (unpaired) electrons. The molecule has 1 aromatic heterocycles. The second-order valence-electron chi connectivity index (χ2n) is 11.1. The summed E-state index contributed by atoms with van der Waals surface area (Å²) in [4.78, 5) is 40.1. The summed E-state index contributed by atoms with van der Waals surface area (Å²) in [5, 5.41) is 4.03. The Balaban J connectivity index is 1.34. The lowest BCUT2D eigenvalue weighted by atomic mass is 9.87. The van der Waals surface area contributed by atoms with E-state index in [1.807, 2.05) is 49.6 Å². The van der Waals surface area contributed by atoms with Crippen molar-refractivity contribution in [3.8, 4) is 0 Å². The number of benzene rings is 1. The number of rotatable bonds is 5. The van der Waals surface area contributed by atoms with E-state index in [2.05, 4.69) is 27.1 Å². The molecule has 5 rings (SSSR count). The van der Waals surface area contributed by atoms with Gasteiger partial charge in [-0.3, -0.25) is 4.79 Å². The maximum absolute atomic E-state index is 14.1. The number of nitrogens with one attached hydrogen (secondary N) is 1. The van der Waals surface area contributed by atoms with Gasteiger partial charge in [0.25, 0.3) is 0 Å². The van der Waals surface area contributed by atoms with Gasteiger partial charge < -0.3 is 19.9 Å². The van der Waals surface area contributed by atoms with E-state index in [-0.39, 0.29) is 5.91 Å². The zero-order valence-corrected chi connectivity index (χ0v) is 23.4. The summed E-state index contributed by atoms with van der Waals surface area (Å²) < 4.78 is 5.54. The third-order valence-electron chi connectivity index (χ3n) is 7.25. The van der Waals surface area contributed by atoms with Gasteiger partial charge in [0.2, 0.25) is 5.91 Å². The van der Waals surface area contributed by atoms with Crippen LogP contribution in [0.1, 0.15) is 68.5 Å². The fourth-order valence-corrected chi connectivity index (χ4v) is 6.47. The molecular weight excluding hydrogens is 510 g/mol. The summed E-state index contributed by atoms with van der Waals surface area (Å²) in [6.45, 7) is 10.3. The molecule has 3 heterocycles. The van der Waals surface area contributed by atoms with Crippen molar-refractivity contribution in [2.45, 2.75) is 68.6 Å². The van der Waals surface area contributed by atoms with Crippen LogP contribution in [-0.4, -0.2) is 64.2 Å². The summed E-state index contributed by atoms with van der Waals surface area (Å²) >= 11 is 8.04. The lowest BCUT2D eigenvalue weighted by Gasteiger charge is -2.39. The molecule has 198 valence electrons. The molecule has 0 bridgehead atoms. The van der Waals surface area contributed by atoms with Crippen LogP contribution < -0.4 is 10.2 Å². The van der Waals surface area contributed by atoms with Crippen LogP contribution in [0.3, 0.4) is 0 Å². The van der Waals surface area contributed by atoms with Crippen LogP contribution in [0.2, 0.25) is 5.02 Å². The van der Waals surface area contributed by atoms with Gasteiger partial charge in [-0.25, -0.2) is 14.8 Å².